The molecule has 0 aliphatic carbocycles. The van der Waals surface area contributed by atoms with E-state index in [2.05, 4.69) is 37.2 Å². The summed E-state index contributed by atoms with van der Waals surface area (Å²) in [5.41, 5.74) is 11.4. The molecule has 23 heavy (non-hydrogen) atoms. The molecular formula is C17H18N6. The smallest absolute Gasteiger partial charge is 0.220 e. The van der Waals surface area contributed by atoms with E-state index >= 15 is 0 Å². The van der Waals surface area contributed by atoms with Gasteiger partial charge in [0.15, 0.2) is 0 Å². The van der Waals surface area contributed by atoms with Crippen molar-refractivity contribution in [3.8, 4) is 11.3 Å². The SMILES string of the molecule is Nc1ncc2c(n1)CCN(Cc1cn[nH]c1-c1ccccc1)C2. The molecule has 4 rings (SSSR count). The van der Waals surface area contributed by atoms with Crippen LogP contribution in [0.2, 0.25) is 0 Å². The maximum atomic E-state index is 5.66. The molecule has 0 fully saturated rings. The lowest BCUT2D eigenvalue weighted by Crippen LogP contribution is -2.31. The van der Waals surface area contributed by atoms with Crippen molar-refractivity contribution >= 4 is 5.95 Å². The number of fused-ring (bicyclic) bond motifs is 1. The lowest BCUT2D eigenvalue weighted by atomic mass is 10.0. The molecule has 6 nitrogen and oxygen atoms in total. The molecule has 1 aliphatic rings. The number of aromatic nitrogens is 4. The lowest BCUT2D eigenvalue weighted by Gasteiger charge is -2.27. The number of nitrogens with two attached hydrogens (primary N) is 1. The zero-order valence-corrected chi connectivity index (χ0v) is 12.7. The fourth-order valence-electron chi connectivity index (χ4n) is 3.05. The number of nitrogen functional groups attached to an aromatic ring is 1. The summed E-state index contributed by atoms with van der Waals surface area (Å²) in [6.45, 7) is 2.66. The summed E-state index contributed by atoms with van der Waals surface area (Å²) >= 11 is 0. The summed E-state index contributed by atoms with van der Waals surface area (Å²) in [4.78, 5) is 10.8. The van der Waals surface area contributed by atoms with Crippen molar-refractivity contribution < 1.29 is 0 Å². The van der Waals surface area contributed by atoms with E-state index in [1.807, 2.05) is 30.6 Å². The highest BCUT2D eigenvalue weighted by Crippen LogP contribution is 2.24. The highest BCUT2D eigenvalue weighted by atomic mass is 15.2. The standard InChI is InChI=1S/C17H18N6/c18-17-19-8-13-10-23(7-6-15(13)21-17)11-14-9-20-22-16(14)12-4-2-1-3-5-12/h1-5,8-9H,6-7,10-11H2,(H,20,22)(H2,18,19,21). The van der Waals surface area contributed by atoms with Gasteiger partial charge >= 0.3 is 0 Å². The minimum absolute atomic E-state index is 0.360. The first-order chi connectivity index (χ1) is 11.3. The zero-order valence-electron chi connectivity index (χ0n) is 12.7. The van der Waals surface area contributed by atoms with E-state index < -0.39 is 0 Å². The van der Waals surface area contributed by atoms with Crippen molar-refractivity contribution in [2.75, 3.05) is 12.3 Å². The van der Waals surface area contributed by atoms with Crippen molar-refractivity contribution in [1.82, 2.24) is 25.1 Å². The van der Waals surface area contributed by atoms with Crippen LogP contribution in [0.5, 0.6) is 0 Å². The Bertz CT molecular complexity index is 811. The average Bonchev–Trinajstić information content (AvgIpc) is 3.04. The number of nitrogens with one attached hydrogen (secondary N) is 1. The number of anilines is 1. The van der Waals surface area contributed by atoms with Gasteiger partial charge in [0.05, 0.1) is 17.6 Å². The van der Waals surface area contributed by atoms with Gasteiger partial charge in [-0.1, -0.05) is 30.3 Å². The lowest BCUT2D eigenvalue weighted by molar-refractivity contribution is 0.243. The summed E-state index contributed by atoms with van der Waals surface area (Å²) in [7, 11) is 0. The topological polar surface area (TPSA) is 83.7 Å². The summed E-state index contributed by atoms with van der Waals surface area (Å²) in [6, 6.07) is 10.3. The van der Waals surface area contributed by atoms with Gasteiger partial charge in [-0.25, -0.2) is 9.97 Å². The van der Waals surface area contributed by atoms with E-state index in [9.17, 15) is 0 Å². The number of hydrogen-bond acceptors (Lipinski definition) is 5. The van der Waals surface area contributed by atoms with E-state index in [1.54, 1.807) is 0 Å². The Labute approximate surface area is 134 Å². The Morgan fingerprint density at radius 2 is 2.04 bits per heavy atom. The van der Waals surface area contributed by atoms with Crippen LogP contribution in [0, 0.1) is 0 Å². The maximum Gasteiger partial charge on any atom is 0.220 e. The maximum absolute atomic E-state index is 5.66. The molecule has 2 aromatic heterocycles. The molecule has 6 heteroatoms. The summed E-state index contributed by atoms with van der Waals surface area (Å²) < 4.78 is 0. The Balaban J connectivity index is 1.54. The largest absolute Gasteiger partial charge is 0.368 e. The summed E-state index contributed by atoms with van der Waals surface area (Å²) in [5, 5.41) is 7.35. The third kappa shape index (κ3) is 2.80. The predicted octanol–water partition coefficient (Wildman–Crippen LogP) is 2.01. The Kier molecular flexibility index (Phi) is 3.51. The third-order valence-corrected chi connectivity index (χ3v) is 4.21. The molecule has 0 radical (unpaired) electrons. The molecule has 0 spiro atoms. The van der Waals surface area contributed by atoms with E-state index in [4.69, 9.17) is 5.73 Å². The van der Waals surface area contributed by atoms with Gasteiger partial charge in [-0.3, -0.25) is 10.00 Å². The molecule has 116 valence electrons. The number of nitrogens with zero attached hydrogens (tertiary/aromatic N) is 4. The van der Waals surface area contributed by atoms with Crippen LogP contribution in [-0.4, -0.2) is 31.6 Å². The van der Waals surface area contributed by atoms with Gasteiger partial charge in [-0.05, 0) is 5.56 Å². The minimum Gasteiger partial charge on any atom is -0.368 e. The van der Waals surface area contributed by atoms with Gasteiger partial charge in [0.25, 0.3) is 0 Å². The quantitative estimate of drug-likeness (QED) is 0.773. The fraction of sp³-hybridized carbons (Fsp3) is 0.235. The normalized spacial score (nSPS) is 14.6. The molecule has 0 amide bonds. The van der Waals surface area contributed by atoms with Crippen molar-refractivity contribution in [1.29, 1.82) is 0 Å². The second-order valence-corrected chi connectivity index (χ2v) is 5.80. The van der Waals surface area contributed by atoms with Crippen LogP contribution < -0.4 is 5.73 Å². The second kappa shape index (κ2) is 5.81. The van der Waals surface area contributed by atoms with E-state index in [0.717, 1.165) is 48.6 Å². The summed E-state index contributed by atoms with van der Waals surface area (Å²) in [6.07, 6.45) is 4.66. The molecule has 0 unspecified atom stereocenters. The van der Waals surface area contributed by atoms with Crippen LogP contribution >= 0.6 is 0 Å². The van der Waals surface area contributed by atoms with E-state index in [0.29, 0.717) is 5.95 Å². The highest BCUT2D eigenvalue weighted by molar-refractivity contribution is 5.62. The number of benzene rings is 1. The molecule has 0 bridgehead atoms. The van der Waals surface area contributed by atoms with Crippen LogP contribution in [0.25, 0.3) is 11.3 Å². The Hall–Kier alpha value is -2.73. The van der Waals surface area contributed by atoms with Crippen molar-refractivity contribution in [2.24, 2.45) is 0 Å². The van der Waals surface area contributed by atoms with Crippen molar-refractivity contribution in [3.05, 3.63) is 59.5 Å². The molecular weight excluding hydrogens is 288 g/mol. The van der Waals surface area contributed by atoms with E-state index in [1.165, 1.54) is 5.56 Å². The molecule has 0 atom stereocenters. The fourth-order valence-corrected chi connectivity index (χ4v) is 3.05. The van der Waals surface area contributed by atoms with Gasteiger partial charge in [0, 0.05) is 43.4 Å². The monoisotopic (exact) mass is 306 g/mol. The van der Waals surface area contributed by atoms with Gasteiger partial charge in [0.2, 0.25) is 5.95 Å². The van der Waals surface area contributed by atoms with Crippen LogP contribution in [-0.2, 0) is 19.5 Å². The zero-order chi connectivity index (χ0) is 15.6. The Morgan fingerprint density at radius 1 is 1.17 bits per heavy atom. The van der Waals surface area contributed by atoms with Gasteiger partial charge in [-0.2, -0.15) is 5.10 Å². The Morgan fingerprint density at radius 3 is 2.91 bits per heavy atom. The van der Waals surface area contributed by atoms with E-state index in [-0.39, 0.29) is 0 Å². The van der Waals surface area contributed by atoms with Gasteiger partial charge < -0.3 is 5.73 Å². The first kappa shape index (κ1) is 13.9. The molecule has 0 saturated carbocycles. The second-order valence-electron chi connectivity index (χ2n) is 5.80. The predicted molar refractivity (Wildman–Crippen MR) is 88.3 cm³/mol. The molecule has 1 aromatic carbocycles. The summed E-state index contributed by atoms with van der Waals surface area (Å²) in [5.74, 6) is 0.360. The number of aromatic amines is 1. The van der Waals surface area contributed by atoms with Gasteiger partial charge in [0.1, 0.15) is 0 Å². The van der Waals surface area contributed by atoms with Crippen LogP contribution in [0.3, 0.4) is 0 Å². The molecule has 1 aliphatic heterocycles. The average molecular weight is 306 g/mol. The van der Waals surface area contributed by atoms with Crippen LogP contribution in [0.4, 0.5) is 5.95 Å². The molecule has 3 aromatic rings. The van der Waals surface area contributed by atoms with Crippen LogP contribution in [0.1, 0.15) is 16.8 Å². The number of H-pyrrole nitrogens is 1. The van der Waals surface area contributed by atoms with Crippen LogP contribution in [0.15, 0.2) is 42.7 Å². The molecule has 3 N–H and O–H groups in total. The number of hydrogen-bond donors (Lipinski definition) is 2. The minimum atomic E-state index is 0.360. The van der Waals surface area contributed by atoms with Crippen molar-refractivity contribution in [2.45, 2.75) is 19.5 Å². The van der Waals surface area contributed by atoms with Gasteiger partial charge in [-0.15, -0.1) is 0 Å². The highest BCUT2D eigenvalue weighted by Gasteiger charge is 2.20. The first-order valence-corrected chi connectivity index (χ1v) is 7.70. The van der Waals surface area contributed by atoms with Crippen molar-refractivity contribution in [3.63, 3.8) is 0 Å². The molecule has 0 saturated heterocycles. The third-order valence-electron chi connectivity index (χ3n) is 4.21. The number of rotatable bonds is 3. The first-order valence-electron chi connectivity index (χ1n) is 7.70. The molecule has 3 heterocycles.